The summed E-state index contributed by atoms with van der Waals surface area (Å²) in [6.45, 7) is 2.23. The molecule has 6 heteroatoms. The number of thioether (sulfide) groups is 1. The predicted molar refractivity (Wildman–Crippen MR) is 76.1 cm³/mol. The van der Waals surface area contributed by atoms with Gasteiger partial charge in [-0.25, -0.2) is 4.39 Å². The number of nitrogens with zero attached hydrogens (tertiary/aromatic N) is 1. The quantitative estimate of drug-likeness (QED) is 0.832. The van der Waals surface area contributed by atoms with Crippen LogP contribution < -0.4 is 5.32 Å². The van der Waals surface area contributed by atoms with Crippen molar-refractivity contribution in [1.82, 2.24) is 10.5 Å². The molecule has 0 unspecified atom stereocenters. The maximum atomic E-state index is 13.3. The van der Waals surface area contributed by atoms with E-state index in [1.807, 2.05) is 6.07 Å². The molecule has 0 saturated carbocycles. The van der Waals surface area contributed by atoms with Crippen molar-refractivity contribution in [3.8, 4) is 0 Å². The van der Waals surface area contributed by atoms with Crippen LogP contribution in [0.1, 0.15) is 21.8 Å². The van der Waals surface area contributed by atoms with Crippen LogP contribution in [0.5, 0.6) is 0 Å². The molecule has 1 aromatic heterocycles. The second-order valence-corrected chi connectivity index (χ2v) is 5.33. The molecule has 2 rings (SSSR count). The van der Waals surface area contributed by atoms with Crippen molar-refractivity contribution in [3.05, 3.63) is 53.2 Å². The number of carbonyl (C=O) groups is 1. The Bertz CT molecular complexity index is 586. The zero-order valence-corrected chi connectivity index (χ0v) is 11.9. The number of carbonyl (C=O) groups excluding carboxylic acids is 1. The molecule has 1 amide bonds. The number of amides is 1. The van der Waals surface area contributed by atoms with Crippen LogP contribution in [0.2, 0.25) is 0 Å². The molecule has 1 aromatic carbocycles. The smallest absolute Gasteiger partial charge is 0.273 e. The average Bonchev–Trinajstić information content (AvgIpc) is 2.87. The van der Waals surface area contributed by atoms with Crippen molar-refractivity contribution in [1.29, 1.82) is 0 Å². The molecule has 0 aliphatic carbocycles. The van der Waals surface area contributed by atoms with E-state index in [2.05, 4.69) is 10.5 Å². The van der Waals surface area contributed by atoms with Crippen LogP contribution in [0, 0.1) is 12.7 Å². The number of aryl methyl sites for hydroxylation is 1. The van der Waals surface area contributed by atoms with Gasteiger partial charge in [0.25, 0.3) is 5.91 Å². The van der Waals surface area contributed by atoms with E-state index < -0.39 is 0 Å². The van der Waals surface area contributed by atoms with Crippen molar-refractivity contribution in [2.75, 3.05) is 12.3 Å². The molecule has 2 aromatic rings. The minimum atomic E-state index is -0.256. The summed E-state index contributed by atoms with van der Waals surface area (Å²) in [5.74, 6) is 1.45. The third-order valence-electron chi connectivity index (χ3n) is 2.61. The fraction of sp³-hybridized carbons (Fsp3) is 0.286. The summed E-state index contributed by atoms with van der Waals surface area (Å²) in [4.78, 5) is 11.6. The minimum Gasteiger partial charge on any atom is -0.361 e. The number of benzene rings is 1. The molecule has 20 heavy (non-hydrogen) atoms. The molecule has 0 bridgehead atoms. The number of halogens is 1. The summed E-state index contributed by atoms with van der Waals surface area (Å²) in [5.41, 5.74) is 0.956. The molecule has 0 atom stereocenters. The van der Waals surface area contributed by atoms with Crippen LogP contribution in [0.15, 0.2) is 34.9 Å². The Morgan fingerprint density at radius 3 is 2.95 bits per heavy atom. The fourth-order valence-corrected chi connectivity index (χ4v) is 2.44. The van der Waals surface area contributed by atoms with Gasteiger partial charge in [-0.2, -0.15) is 11.8 Å². The van der Waals surface area contributed by atoms with Gasteiger partial charge in [0, 0.05) is 24.1 Å². The van der Waals surface area contributed by atoms with Crippen LogP contribution in [-0.2, 0) is 5.75 Å². The lowest BCUT2D eigenvalue weighted by Crippen LogP contribution is -2.26. The molecule has 1 heterocycles. The lowest BCUT2D eigenvalue weighted by molar-refractivity contribution is 0.0947. The first-order valence-corrected chi connectivity index (χ1v) is 7.35. The van der Waals surface area contributed by atoms with Crippen molar-refractivity contribution in [3.63, 3.8) is 0 Å². The van der Waals surface area contributed by atoms with E-state index in [9.17, 15) is 9.18 Å². The third-order valence-corrected chi connectivity index (χ3v) is 3.62. The third kappa shape index (κ3) is 4.09. The van der Waals surface area contributed by atoms with Gasteiger partial charge in [0.1, 0.15) is 11.6 Å². The SMILES string of the molecule is Cc1cc(C(=O)NCCSCc2ccccc2F)no1. The molecule has 4 nitrogen and oxygen atoms in total. The summed E-state index contributed by atoms with van der Waals surface area (Å²) in [7, 11) is 0. The van der Waals surface area contributed by atoms with Gasteiger partial charge in [-0.15, -0.1) is 0 Å². The lowest BCUT2D eigenvalue weighted by Gasteiger charge is -2.04. The van der Waals surface area contributed by atoms with Crippen LogP contribution in [0.4, 0.5) is 4.39 Å². The molecule has 0 saturated heterocycles. The van der Waals surface area contributed by atoms with Crippen molar-refractivity contribution >= 4 is 17.7 Å². The Kier molecular flexibility index (Phi) is 5.17. The summed E-state index contributed by atoms with van der Waals surface area (Å²) >= 11 is 1.56. The van der Waals surface area contributed by atoms with Gasteiger partial charge >= 0.3 is 0 Å². The first kappa shape index (κ1) is 14.6. The Morgan fingerprint density at radius 2 is 2.25 bits per heavy atom. The van der Waals surface area contributed by atoms with Crippen LogP contribution >= 0.6 is 11.8 Å². The molecule has 1 N–H and O–H groups in total. The average molecular weight is 294 g/mol. The predicted octanol–water partition coefficient (Wildman–Crippen LogP) is 2.79. The van der Waals surface area contributed by atoms with Gasteiger partial charge in [0.2, 0.25) is 0 Å². The molecule has 0 spiro atoms. The Morgan fingerprint density at radius 1 is 1.45 bits per heavy atom. The van der Waals surface area contributed by atoms with Crippen molar-refractivity contribution < 1.29 is 13.7 Å². The lowest BCUT2D eigenvalue weighted by atomic mass is 10.2. The molecule has 0 aliphatic heterocycles. The van der Waals surface area contributed by atoms with Gasteiger partial charge in [-0.1, -0.05) is 23.4 Å². The van der Waals surface area contributed by atoms with E-state index in [0.29, 0.717) is 29.4 Å². The summed E-state index contributed by atoms with van der Waals surface area (Å²) in [5, 5.41) is 6.37. The van der Waals surface area contributed by atoms with Crippen LogP contribution in [0.25, 0.3) is 0 Å². The zero-order chi connectivity index (χ0) is 14.4. The van der Waals surface area contributed by atoms with E-state index in [4.69, 9.17) is 4.52 Å². The highest BCUT2D eigenvalue weighted by Gasteiger charge is 2.09. The van der Waals surface area contributed by atoms with Gasteiger partial charge in [-0.3, -0.25) is 4.79 Å². The van der Waals surface area contributed by atoms with E-state index >= 15 is 0 Å². The van der Waals surface area contributed by atoms with Gasteiger partial charge in [0.15, 0.2) is 5.69 Å². The number of hydrogen-bond donors (Lipinski definition) is 1. The maximum absolute atomic E-state index is 13.3. The normalized spacial score (nSPS) is 10.5. The van der Waals surface area contributed by atoms with Gasteiger partial charge < -0.3 is 9.84 Å². The second kappa shape index (κ2) is 7.09. The molecule has 0 aliphatic rings. The first-order chi connectivity index (χ1) is 9.66. The number of nitrogens with one attached hydrogen (secondary N) is 1. The Balaban J connectivity index is 1.67. The highest BCUT2D eigenvalue weighted by Crippen LogP contribution is 2.14. The van der Waals surface area contributed by atoms with E-state index in [1.165, 1.54) is 6.07 Å². The largest absolute Gasteiger partial charge is 0.361 e. The molecular weight excluding hydrogens is 279 g/mol. The van der Waals surface area contributed by atoms with E-state index in [-0.39, 0.29) is 17.4 Å². The second-order valence-electron chi connectivity index (χ2n) is 4.22. The standard InChI is InChI=1S/C14H15FN2O2S/c1-10-8-13(17-19-10)14(18)16-6-7-20-9-11-4-2-3-5-12(11)15/h2-5,8H,6-7,9H2,1H3,(H,16,18). The molecule has 0 fully saturated rings. The van der Waals surface area contributed by atoms with Crippen molar-refractivity contribution in [2.45, 2.75) is 12.7 Å². The summed E-state index contributed by atoms with van der Waals surface area (Å²) in [6.07, 6.45) is 0. The van der Waals surface area contributed by atoms with Crippen LogP contribution in [0.3, 0.4) is 0 Å². The Hall–Kier alpha value is -1.82. The summed E-state index contributed by atoms with van der Waals surface area (Å²) < 4.78 is 18.2. The van der Waals surface area contributed by atoms with Crippen LogP contribution in [-0.4, -0.2) is 23.4 Å². The fourth-order valence-electron chi connectivity index (χ4n) is 1.60. The number of hydrogen-bond acceptors (Lipinski definition) is 4. The highest BCUT2D eigenvalue weighted by molar-refractivity contribution is 7.98. The van der Waals surface area contributed by atoms with E-state index in [1.54, 1.807) is 36.9 Å². The van der Waals surface area contributed by atoms with Gasteiger partial charge in [0.05, 0.1) is 0 Å². The first-order valence-electron chi connectivity index (χ1n) is 6.19. The number of rotatable bonds is 6. The van der Waals surface area contributed by atoms with Crippen molar-refractivity contribution in [2.24, 2.45) is 0 Å². The topological polar surface area (TPSA) is 55.1 Å². The summed E-state index contributed by atoms with van der Waals surface area (Å²) in [6, 6.07) is 8.28. The maximum Gasteiger partial charge on any atom is 0.273 e. The molecular formula is C14H15FN2O2S. The molecule has 106 valence electrons. The minimum absolute atomic E-state index is 0.192. The zero-order valence-electron chi connectivity index (χ0n) is 11.1. The van der Waals surface area contributed by atoms with Gasteiger partial charge in [-0.05, 0) is 18.6 Å². The monoisotopic (exact) mass is 294 g/mol. The Labute approximate surface area is 120 Å². The van der Waals surface area contributed by atoms with E-state index in [0.717, 1.165) is 0 Å². The highest BCUT2D eigenvalue weighted by atomic mass is 32.2. The molecule has 0 radical (unpaired) electrons. The number of aromatic nitrogens is 1.